The maximum absolute atomic E-state index is 13.9. The first-order chi connectivity index (χ1) is 14.1. The highest BCUT2D eigenvalue weighted by Crippen LogP contribution is 2.39. The van der Waals surface area contributed by atoms with Crippen LogP contribution in [0.4, 0.5) is 0 Å². The molecule has 0 aromatic heterocycles. The van der Waals surface area contributed by atoms with Crippen LogP contribution in [-0.4, -0.2) is 8.42 Å². The summed E-state index contributed by atoms with van der Waals surface area (Å²) in [5.41, 5.74) is 3.98. The van der Waals surface area contributed by atoms with E-state index in [0.717, 1.165) is 45.5 Å². The van der Waals surface area contributed by atoms with Crippen LogP contribution in [0.1, 0.15) is 22.3 Å². The van der Waals surface area contributed by atoms with Crippen molar-refractivity contribution in [3.63, 3.8) is 0 Å². The quantitative estimate of drug-likeness (QED) is 0.420. The Balaban J connectivity index is 1.68. The van der Waals surface area contributed by atoms with E-state index in [2.05, 4.69) is 24.3 Å². The molecule has 2 aliphatic carbocycles. The summed E-state index contributed by atoms with van der Waals surface area (Å²) in [6.45, 7) is 0. The summed E-state index contributed by atoms with van der Waals surface area (Å²) in [5, 5.41) is 4.29. The second-order valence-corrected chi connectivity index (χ2v) is 9.59. The van der Waals surface area contributed by atoms with Gasteiger partial charge >= 0.3 is 0 Å². The van der Waals surface area contributed by atoms with Crippen molar-refractivity contribution in [3.05, 3.63) is 95.1 Å². The number of allylic oxidation sites excluding steroid dienone is 2. The molecule has 0 saturated heterocycles. The number of hydrogen-bond acceptors (Lipinski definition) is 2. The molecular weight excluding hydrogens is 376 g/mol. The van der Waals surface area contributed by atoms with Crippen molar-refractivity contribution in [1.29, 1.82) is 0 Å². The third-order valence-corrected chi connectivity index (χ3v) is 7.96. The fourth-order valence-corrected chi connectivity index (χ4v) is 6.45. The molecule has 2 nitrogen and oxygen atoms in total. The largest absolute Gasteiger partial charge is 0.218 e. The lowest BCUT2D eigenvalue weighted by atomic mass is 9.93. The van der Waals surface area contributed by atoms with Gasteiger partial charge in [0, 0.05) is 11.1 Å². The maximum Gasteiger partial charge on any atom is 0.207 e. The molecule has 4 aromatic carbocycles. The van der Waals surface area contributed by atoms with Crippen LogP contribution in [0.5, 0.6) is 0 Å². The Morgan fingerprint density at radius 1 is 0.586 bits per heavy atom. The molecular formula is C26H18O2S. The molecule has 0 fully saturated rings. The van der Waals surface area contributed by atoms with Crippen LogP contribution < -0.4 is 0 Å². The van der Waals surface area contributed by atoms with Crippen LogP contribution in [0.3, 0.4) is 0 Å². The zero-order valence-corrected chi connectivity index (χ0v) is 16.5. The number of sulfone groups is 1. The Labute approximate surface area is 169 Å². The van der Waals surface area contributed by atoms with E-state index in [9.17, 15) is 8.42 Å². The highest BCUT2D eigenvalue weighted by Gasteiger charge is 2.27. The molecule has 0 heterocycles. The van der Waals surface area contributed by atoms with Crippen molar-refractivity contribution in [3.8, 4) is 0 Å². The Morgan fingerprint density at radius 3 is 1.55 bits per heavy atom. The summed E-state index contributed by atoms with van der Waals surface area (Å²) in [6.07, 6.45) is 9.71. The van der Waals surface area contributed by atoms with Gasteiger partial charge in [0.25, 0.3) is 0 Å². The lowest BCUT2D eigenvalue weighted by Crippen LogP contribution is -2.09. The van der Waals surface area contributed by atoms with Gasteiger partial charge in [-0.05, 0) is 57.6 Å². The summed E-state index contributed by atoms with van der Waals surface area (Å²) < 4.78 is 27.8. The summed E-state index contributed by atoms with van der Waals surface area (Å²) >= 11 is 0. The molecule has 0 bridgehead atoms. The SMILES string of the molecule is O=S(=O)(c1ccc2cccc3c2c1C=CC3)c1ccc2cccc3c2c1C=CC3. The van der Waals surface area contributed by atoms with Crippen molar-refractivity contribution >= 4 is 43.5 Å². The lowest BCUT2D eigenvalue weighted by molar-refractivity contribution is 0.596. The van der Waals surface area contributed by atoms with Gasteiger partial charge in [-0.25, -0.2) is 8.42 Å². The van der Waals surface area contributed by atoms with Crippen molar-refractivity contribution in [2.75, 3.05) is 0 Å². The van der Waals surface area contributed by atoms with Crippen LogP contribution in [0.2, 0.25) is 0 Å². The van der Waals surface area contributed by atoms with E-state index in [4.69, 9.17) is 0 Å². The second kappa shape index (κ2) is 5.91. The Hall–Kier alpha value is -3.17. The van der Waals surface area contributed by atoms with E-state index >= 15 is 0 Å². The van der Waals surface area contributed by atoms with E-state index in [1.165, 1.54) is 11.1 Å². The minimum atomic E-state index is -3.68. The van der Waals surface area contributed by atoms with Crippen LogP contribution in [0.15, 0.2) is 82.6 Å². The molecule has 0 aliphatic heterocycles. The molecule has 29 heavy (non-hydrogen) atoms. The molecule has 0 radical (unpaired) electrons. The molecule has 6 rings (SSSR count). The Morgan fingerprint density at radius 2 is 1.07 bits per heavy atom. The van der Waals surface area contributed by atoms with E-state index < -0.39 is 9.84 Å². The zero-order valence-electron chi connectivity index (χ0n) is 15.7. The highest BCUT2D eigenvalue weighted by atomic mass is 32.2. The van der Waals surface area contributed by atoms with Gasteiger partial charge in [0.05, 0.1) is 9.79 Å². The second-order valence-electron chi connectivity index (χ2n) is 7.70. The van der Waals surface area contributed by atoms with Gasteiger partial charge in [-0.3, -0.25) is 0 Å². The first kappa shape index (κ1) is 16.8. The van der Waals surface area contributed by atoms with Gasteiger partial charge in [-0.1, -0.05) is 72.8 Å². The van der Waals surface area contributed by atoms with Crippen molar-refractivity contribution in [2.45, 2.75) is 22.6 Å². The first-order valence-electron chi connectivity index (χ1n) is 9.82. The predicted molar refractivity (Wildman–Crippen MR) is 119 cm³/mol. The van der Waals surface area contributed by atoms with Gasteiger partial charge in [-0.2, -0.15) is 0 Å². The van der Waals surface area contributed by atoms with Crippen LogP contribution in [0.25, 0.3) is 33.7 Å². The van der Waals surface area contributed by atoms with Gasteiger partial charge in [0.15, 0.2) is 0 Å². The Kier molecular flexibility index (Phi) is 3.42. The minimum Gasteiger partial charge on any atom is -0.218 e. The third-order valence-electron chi connectivity index (χ3n) is 6.09. The van der Waals surface area contributed by atoms with E-state index in [-0.39, 0.29) is 0 Å². The fourth-order valence-electron chi connectivity index (χ4n) is 4.80. The van der Waals surface area contributed by atoms with E-state index in [0.29, 0.717) is 9.79 Å². The smallest absolute Gasteiger partial charge is 0.207 e. The predicted octanol–water partition coefficient (Wildman–Crippen LogP) is 5.96. The van der Waals surface area contributed by atoms with Crippen molar-refractivity contribution in [2.24, 2.45) is 0 Å². The van der Waals surface area contributed by atoms with Crippen LogP contribution in [0, 0.1) is 0 Å². The number of rotatable bonds is 2. The summed E-state index contributed by atoms with van der Waals surface area (Å²) in [7, 11) is -3.68. The van der Waals surface area contributed by atoms with Crippen LogP contribution >= 0.6 is 0 Å². The molecule has 0 saturated carbocycles. The van der Waals surface area contributed by atoms with E-state index in [1.807, 2.05) is 48.6 Å². The molecule has 0 atom stereocenters. The van der Waals surface area contributed by atoms with E-state index in [1.54, 1.807) is 12.1 Å². The standard InChI is InChI=1S/C26H18O2S/c27-29(28,23-15-13-19-7-1-5-17-9-3-11-21(23)25(17)19)24-16-14-20-8-2-6-18-10-4-12-22(24)26(18)20/h1-8,11-16H,9-10H2. The molecule has 0 N–H and O–H groups in total. The number of benzene rings is 4. The molecule has 0 spiro atoms. The van der Waals surface area contributed by atoms with Gasteiger partial charge < -0.3 is 0 Å². The molecule has 140 valence electrons. The first-order valence-corrected chi connectivity index (χ1v) is 11.3. The topological polar surface area (TPSA) is 34.1 Å². The van der Waals surface area contributed by atoms with Gasteiger partial charge in [0.1, 0.15) is 0 Å². The Bertz CT molecular complexity index is 1400. The van der Waals surface area contributed by atoms with Crippen molar-refractivity contribution < 1.29 is 8.42 Å². The average molecular weight is 394 g/mol. The zero-order chi connectivity index (χ0) is 19.6. The fraction of sp³-hybridized carbons (Fsp3) is 0.0769. The summed E-state index contributed by atoms with van der Waals surface area (Å²) in [5.74, 6) is 0. The molecule has 4 aromatic rings. The molecule has 3 heteroatoms. The van der Waals surface area contributed by atoms with Crippen LogP contribution in [-0.2, 0) is 22.7 Å². The molecule has 0 unspecified atom stereocenters. The molecule has 2 aliphatic rings. The number of hydrogen-bond donors (Lipinski definition) is 0. The van der Waals surface area contributed by atoms with Crippen molar-refractivity contribution in [1.82, 2.24) is 0 Å². The lowest BCUT2D eigenvalue weighted by Gasteiger charge is -2.20. The van der Waals surface area contributed by atoms with Gasteiger partial charge in [-0.15, -0.1) is 0 Å². The average Bonchev–Trinajstić information content (AvgIpc) is 2.75. The van der Waals surface area contributed by atoms with Gasteiger partial charge in [0.2, 0.25) is 9.84 Å². The summed E-state index contributed by atoms with van der Waals surface area (Å²) in [4.78, 5) is 0.779. The monoisotopic (exact) mass is 394 g/mol. The normalized spacial score (nSPS) is 14.6. The minimum absolute atomic E-state index is 0.389. The highest BCUT2D eigenvalue weighted by molar-refractivity contribution is 7.91. The summed E-state index contributed by atoms with van der Waals surface area (Å²) in [6, 6.07) is 19.7. The maximum atomic E-state index is 13.9. The molecule has 0 amide bonds. The third kappa shape index (κ3) is 2.31.